The highest BCUT2D eigenvalue weighted by molar-refractivity contribution is 9.10. The van der Waals surface area contributed by atoms with Gasteiger partial charge in [-0.05, 0) is 40.0 Å². The molecule has 0 aliphatic carbocycles. The maximum Gasteiger partial charge on any atom is 0.0962 e. The van der Waals surface area contributed by atoms with Crippen molar-refractivity contribution in [3.8, 4) is 6.07 Å². The van der Waals surface area contributed by atoms with Crippen molar-refractivity contribution >= 4 is 44.2 Å². The van der Waals surface area contributed by atoms with Crippen LogP contribution in [0.1, 0.15) is 18.9 Å². The van der Waals surface area contributed by atoms with Gasteiger partial charge in [-0.1, -0.05) is 36.2 Å². The molecule has 0 atom stereocenters. The van der Waals surface area contributed by atoms with Gasteiger partial charge >= 0.3 is 0 Å². The zero-order valence-electron chi connectivity index (χ0n) is 8.02. The Bertz CT molecular complexity index is 446. The highest BCUT2D eigenvalue weighted by atomic mass is 79.9. The van der Waals surface area contributed by atoms with Crippen LogP contribution in [-0.2, 0) is 0 Å². The number of nitrogens with zero attached hydrogens (tertiary/aromatic N) is 1. The van der Waals surface area contributed by atoms with Crippen LogP contribution < -0.4 is 0 Å². The Kier molecular flexibility index (Phi) is 4.66. The maximum atomic E-state index is 8.85. The molecule has 0 radical (unpaired) electrons. The van der Waals surface area contributed by atoms with Crippen LogP contribution >= 0.6 is 39.1 Å². The molecule has 0 unspecified atom stereocenters. The van der Waals surface area contributed by atoms with Gasteiger partial charge in [0.15, 0.2) is 0 Å². The molecule has 0 spiro atoms. The molecule has 0 aliphatic heterocycles. The van der Waals surface area contributed by atoms with Crippen molar-refractivity contribution < 1.29 is 0 Å². The van der Waals surface area contributed by atoms with Crippen LogP contribution in [0.5, 0.6) is 0 Å². The Morgan fingerprint density at radius 2 is 2.20 bits per heavy atom. The number of nitriles is 1. The molecule has 0 heterocycles. The molecule has 4 heteroatoms. The van der Waals surface area contributed by atoms with Gasteiger partial charge < -0.3 is 0 Å². The van der Waals surface area contributed by atoms with E-state index < -0.39 is 0 Å². The first-order valence-corrected chi connectivity index (χ1v) is 5.89. The fourth-order valence-electron chi connectivity index (χ4n) is 1.09. The minimum absolute atomic E-state index is 0.484. The van der Waals surface area contributed by atoms with E-state index >= 15 is 0 Å². The largest absolute Gasteiger partial charge is 0.193 e. The molecule has 15 heavy (non-hydrogen) atoms. The molecule has 1 aromatic carbocycles. The second-order valence-corrected chi connectivity index (χ2v) is 4.53. The van der Waals surface area contributed by atoms with Gasteiger partial charge in [0.25, 0.3) is 0 Å². The molecule has 78 valence electrons. The molecule has 0 saturated heterocycles. The number of hydrogen-bond acceptors (Lipinski definition) is 1. The Hall–Kier alpha value is -0.490. The molecular weight excluding hydrogens is 297 g/mol. The Labute approximate surface area is 107 Å². The molecule has 0 fully saturated rings. The van der Waals surface area contributed by atoms with E-state index in [1.54, 1.807) is 18.2 Å². The van der Waals surface area contributed by atoms with E-state index in [0.717, 1.165) is 10.0 Å². The first-order chi connectivity index (χ1) is 7.10. The number of allylic oxidation sites excluding steroid dienone is 1. The number of rotatable bonds is 2. The van der Waals surface area contributed by atoms with Crippen molar-refractivity contribution in [1.82, 2.24) is 0 Å². The Morgan fingerprint density at radius 3 is 2.67 bits per heavy atom. The minimum Gasteiger partial charge on any atom is -0.193 e. The molecule has 0 bridgehead atoms. The lowest BCUT2D eigenvalue weighted by Crippen LogP contribution is -1.84. The molecule has 0 amide bonds. The van der Waals surface area contributed by atoms with Gasteiger partial charge in [-0.15, -0.1) is 0 Å². The lowest BCUT2D eigenvalue weighted by atomic mass is 10.1. The van der Waals surface area contributed by atoms with E-state index in [9.17, 15) is 0 Å². The number of halogens is 3. The highest BCUT2D eigenvalue weighted by Gasteiger charge is 2.07. The first-order valence-electron chi connectivity index (χ1n) is 4.34. The Balaban J connectivity index is 3.24. The van der Waals surface area contributed by atoms with E-state index in [1.807, 2.05) is 6.92 Å². The normalized spacial score (nSPS) is 11.9. The van der Waals surface area contributed by atoms with E-state index in [-0.39, 0.29) is 0 Å². The van der Waals surface area contributed by atoms with E-state index in [0.29, 0.717) is 22.0 Å². The van der Waals surface area contributed by atoms with Crippen molar-refractivity contribution in [2.24, 2.45) is 0 Å². The monoisotopic (exact) mass is 303 g/mol. The SMILES string of the molecule is CC/C(C#N)=C(/Cl)c1ccc(Cl)c(Br)c1. The van der Waals surface area contributed by atoms with Gasteiger partial charge in [0.1, 0.15) is 0 Å². The number of hydrogen-bond donors (Lipinski definition) is 0. The third-order valence-electron chi connectivity index (χ3n) is 1.93. The molecule has 1 aromatic rings. The summed E-state index contributed by atoms with van der Waals surface area (Å²) in [6.45, 7) is 1.89. The smallest absolute Gasteiger partial charge is 0.0962 e. The van der Waals surface area contributed by atoms with Crippen LogP contribution in [0.3, 0.4) is 0 Å². The highest BCUT2D eigenvalue weighted by Crippen LogP contribution is 2.30. The number of benzene rings is 1. The van der Waals surface area contributed by atoms with E-state index in [1.165, 1.54) is 0 Å². The second kappa shape index (κ2) is 5.55. The summed E-state index contributed by atoms with van der Waals surface area (Å²) in [6.07, 6.45) is 0.621. The van der Waals surface area contributed by atoms with Crippen molar-refractivity contribution in [1.29, 1.82) is 5.26 Å². The first kappa shape index (κ1) is 12.6. The third-order valence-corrected chi connectivity index (χ3v) is 3.59. The molecular formula is C11H8BrCl2N. The summed E-state index contributed by atoms with van der Waals surface area (Å²) in [7, 11) is 0. The molecule has 0 aliphatic rings. The van der Waals surface area contributed by atoms with Crippen LogP contribution in [-0.4, -0.2) is 0 Å². The van der Waals surface area contributed by atoms with Crippen molar-refractivity contribution in [3.63, 3.8) is 0 Å². The minimum atomic E-state index is 0.484. The summed E-state index contributed by atoms with van der Waals surface area (Å²) in [5.74, 6) is 0. The molecule has 1 nitrogen and oxygen atoms in total. The third kappa shape index (κ3) is 2.98. The van der Waals surface area contributed by atoms with Crippen LogP contribution in [0.25, 0.3) is 5.03 Å². The summed E-state index contributed by atoms with van der Waals surface area (Å²) < 4.78 is 0.771. The lowest BCUT2D eigenvalue weighted by molar-refractivity contribution is 1.16. The predicted molar refractivity (Wildman–Crippen MR) is 67.8 cm³/mol. The van der Waals surface area contributed by atoms with Crippen LogP contribution in [0.15, 0.2) is 28.2 Å². The van der Waals surface area contributed by atoms with Crippen molar-refractivity contribution in [3.05, 3.63) is 38.8 Å². The molecule has 0 N–H and O–H groups in total. The average molecular weight is 305 g/mol. The predicted octanol–water partition coefficient (Wildman–Crippen LogP) is 4.99. The van der Waals surface area contributed by atoms with Crippen LogP contribution in [0.2, 0.25) is 5.02 Å². The lowest BCUT2D eigenvalue weighted by Gasteiger charge is -2.03. The van der Waals surface area contributed by atoms with Gasteiger partial charge in [0.05, 0.1) is 16.1 Å². The second-order valence-electron chi connectivity index (χ2n) is 2.89. The fraction of sp³-hybridized carbons (Fsp3) is 0.182. The molecule has 0 aromatic heterocycles. The van der Waals surface area contributed by atoms with Crippen LogP contribution in [0, 0.1) is 11.3 Å². The quantitative estimate of drug-likeness (QED) is 0.706. The van der Waals surface area contributed by atoms with Gasteiger partial charge in [-0.2, -0.15) is 5.26 Å². The van der Waals surface area contributed by atoms with Crippen molar-refractivity contribution in [2.75, 3.05) is 0 Å². The Morgan fingerprint density at radius 1 is 1.53 bits per heavy atom. The summed E-state index contributed by atoms with van der Waals surface area (Å²) in [6, 6.07) is 7.42. The summed E-state index contributed by atoms with van der Waals surface area (Å²) in [4.78, 5) is 0. The van der Waals surface area contributed by atoms with Crippen LogP contribution in [0.4, 0.5) is 0 Å². The van der Waals surface area contributed by atoms with E-state index in [2.05, 4.69) is 22.0 Å². The average Bonchev–Trinajstić information content (AvgIpc) is 2.23. The fourth-order valence-corrected chi connectivity index (χ4v) is 1.88. The van der Waals surface area contributed by atoms with E-state index in [4.69, 9.17) is 28.5 Å². The standard InChI is InChI=1S/C11H8BrCl2N/c1-2-7(6-15)11(14)8-3-4-10(13)9(12)5-8/h3-5H,2H2,1H3/b11-7-. The summed E-state index contributed by atoms with van der Waals surface area (Å²) in [5, 5.41) is 9.96. The zero-order valence-corrected chi connectivity index (χ0v) is 11.1. The summed E-state index contributed by atoms with van der Waals surface area (Å²) >= 11 is 15.3. The van der Waals surface area contributed by atoms with Gasteiger partial charge in [0.2, 0.25) is 0 Å². The van der Waals surface area contributed by atoms with Gasteiger partial charge in [-0.25, -0.2) is 0 Å². The zero-order chi connectivity index (χ0) is 11.4. The van der Waals surface area contributed by atoms with Gasteiger partial charge in [0, 0.05) is 10.0 Å². The maximum absolute atomic E-state index is 8.85. The topological polar surface area (TPSA) is 23.8 Å². The summed E-state index contributed by atoms with van der Waals surface area (Å²) in [5.41, 5.74) is 1.37. The van der Waals surface area contributed by atoms with Gasteiger partial charge in [-0.3, -0.25) is 0 Å². The molecule has 0 saturated carbocycles. The van der Waals surface area contributed by atoms with Crippen molar-refractivity contribution in [2.45, 2.75) is 13.3 Å². The molecule has 1 rings (SSSR count).